The van der Waals surface area contributed by atoms with Crippen LogP contribution in [0.4, 0.5) is 0 Å². The Labute approximate surface area is 103 Å². The molecule has 0 radical (unpaired) electrons. The van der Waals surface area contributed by atoms with Crippen molar-refractivity contribution in [3.63, 3.8) is 0 Å². The molecule has 16 heavy (non-hydrogen) atoms. The van der Waals surface area contributed by atoms with Crippen LogP contribution in [0.25, 0.3) is 0 Å². The van der Waals surface area contributed by atoms with E-state index in [1.54, 1.807) is 7.11 Å². The van der Waals surface area contributed by atoms with Crippen molar-refractivity contribution in [1.29, 1.82) is 0 Å². The van der Waals surface area contributed by atoms with Gasteiger partial charge in [-0.05, 0) is 62.2 Å². The number of benzene rings is 1. The molecule has 0 unspecified atom stereocenters. The number of thioether (sulfide) groups is 1. The molecule has 0 atom stereocenters. The highest BCUT2D eigenvalue weighted by molar-refractivity contribution is 7.99. The zero-order valence-corrected chi connectivity index (χ0v) is 11.2. The lowest BCUT2D eigenvalue weighted by molar-refractivity contribution is 0.411. The van der Waals surface area contributed by atoms with Crippen LogP contribution in [0, 0.1) is 13.8 Å². The summed E-state index contributed by atoms with van der Waals surface area (Å²) in [7, 11) is 1.72. The van der Waals surface area contributed by atoms with Gasteiger partial charge in [-0.1, -0.05) is 0 Å². The first-order valence-electron chi connectivity index (χ1n) is 5.67. The zero-order chi connectivity index (χ0) is 12.0. The van der Waals surface area contributed by atoms with Crippen molar-refractivity contribution in [2.75, 3.05) is 19.4 Å². The summed E-state index contributed by atoms with van der Waals surface area (Å²) in [5.74, 6) is 2.12. The van der Waals surface area contributed by atoms with Gasteiger partial charge in [0.1, 0.15) is 5.75 Å². The van der Waals surface area contributed by atoms with Gasteiger partial charge in [-0.15, -0.1) is 11.8 Å². The molecule has 0 bridgehead atoms. The second-order valence-electron chi connectivity index (χ2n) is 3.93. The lowest BCUT2D eigenvalue weighted by atomic mass is 10.1. The second kappa shape index (κ2) is 6.81. The fraction of sp³-hybridized carbons (Fsp3) is 0.538. The average molecular weight is 239 g/mol. The molecule has 0 heterocycles. The summed E-state index contributed by atoms with van der Waals surface area (Å²) in [5.41, 5.74) is 7.97. The summed E-state index contributed by atoms with van der Waals surface area (Å²) in [5, 5.41) is 0. The van der Waals surface area contributed by atoms with E-state index in [9.17, 15) is 0 Å². The van der Waals surface area contributed by atoms with Crippen LogP contribution in [0.2, 0.25) is 0 Å². The predicted octanol–water partition coefficient (Wildman–Crippen LogP) is 3.14. The van der Waals surface area contributed by atoms with Crippen LogP contribution in [0.15, 0.2) is 17.0 Å². The van der Waals surface area contributed by atoms with Crippen molar-refractivity contribution in [1.82, 2.24) is 0 Å². The third-order valence-corrected chi connectivity index (χ3v) is 3.79. The summed E-state index contributed by atoms with van der Waals surface area (Å²) in [4.78, 5) is 1.36. The van der Waals surface area contributed by atoms with E-state index in [0.717, 1.165) is 24.5 Å². The Hall–Kier alpha value is -0.670. The van der Waals surface area contributed by atoms with Crippen LogP contribution in [0.3, 0.4) is 0 Å². The topological polar surface area (TPSA) is 35.2 Å². The van der Waals surface area contributed by atoms with Crippen molar-refractivity contribution in [3.8, 4) is 5.75 Å². The normalized spacial score (nSPS) is 10.5. The number of ether oxygens (including phenoxy) is 1. The van der Waals surface area contributed by atoms with Gasteiger partial charge >= 0.3 is 0 Å². The number of hydrogen-bond acceptors (Lipinski definition) is 3. The molecule has 0 aromatic heterocycles. The molecule has 0 saturated carbocycles. The number of hydrogen-bond donors (Lipinski definition) is 1. The minimum absolute atomic E-state index is 0.793. The minimum atomic E-state index is 0.793. The number of nitrogens with two attached hydrogens (primary N) is 1. The van der Waals surface area contributed by atoms with Crippen LogP contribution in [-0.4, -0.2) is 19.4 Å². The maximum absolute atomic E-state index is 5.47. The maximum atomic E-state index is 5.47. The first-order chi connectivity index (χ1) is 7.69. The largest absolute Gasteiger partial charge is 0.496 e. The first kappa shape index (κ1) is 13.4. The van der Waals surface area contributed by atoms with Gasteiger partial charge in [0.2, 0.25) is 0 Å². The van der Waals surface area contributed by atoms with E-state index in [0.29, 0.717) is 0 Å². The first-order valence-corrected chi connectivity index (χ1v) is 6.65. The molecule has 1 rings (SSSR count). The predicted molar refractivity (Wildman–Crippen MR) is 71.5 cm³/mol. The van der Waals surface area contributed by atoms with Gasteiger partial charge in [0.05, 0.1) is 7.11 Å². The van der Waals surface area contributed by atoms with Crippen LogP contribution < -0.4 is 10.5 Å². The van der Waals surface area contributed by atoms with Crippen molar-refractivity contribution in [3.05, 3.63) is 23.3 Å². The fourth-order valence-electron chi connectivity index (χ4n) is 1.57. The lowest BCUT2D eigenvalue weighted by Crippen LogP contribution is -1.98. The van der Waals surface area contributed by atoms with E-state index < -0.39 is 0 Å². The molecule has 0 fully saturated rings. The van der Waals surface area contributed by atoms with E-state index in [1.807, 2.05) is 11.8 Å². The monoisotopic (exact) mass is 239 g/mol. The Morgan fingerprint density at radius 3 is 2.56 bits per heavy atom. The van der Waals surface area contributed by atoms with E-state index in [4.69, 9.17) is 10.5 Å². The summed E-state index contributed by atoms with van der Waals surface area (Å²) < 4.78 is 5.30. The number of aryl methyl sites for hydroxylation is 2. The molecule has 0 aliphatic heterocycles. The van der Waals surface area contributed by atoms with Gasteiger partial charge in [-0.25, -0.2) is 0 Å². The highest BCUT2D eigenvalue weighted by Crippen LogP contribution is 2.29. The molecule has 0 amide bonds. The highest BCUT2D eigenvalue weighted by Gasteiger charge is 2.04. The Balaban J connectivity index is 2.63. The van der Waals surface area contributed by atoms with E-state index >= 15 is 0 Å². The Morgan fingerprint density at radius 1 is 1.19 bits per heavy atom. The van der Waals surface area contributed by atoms with Crippen LogP contribution >= 0.6 is 11.8 Å². The summed E-state index contributed by atoms with van der Waals surface area (Å²) >= 11 is 1.91. The van der Waals surface area contributed by atoms with E-state index in [1.165, 1.54) is 22.4 Å². The van der Waals surface area contributed by atoms with E-state index in [2.05, 4.69) is 26.0 Å². The van der Waals surface area contributed by atoms with Crippen molar-refractivity contribution < 1.29 is 4.74 Å². The summed E-state index contributed by atoms with van der Waals surface area (Å²) in [6.07, 6.45) is 2.30. The molecule has 0 saturated heterocycles. The van der Waals surface area contributed by atoms with Crippen LogP contribution in [0.1, 0.15) is 24.0 Å². The number of unbranched alkanes of at least 4 members (excludes halogenated alkanes) is 1. The maximum Gasteiger partial charge on any atom is 0.122 e. The molecular formula is C13H21NOS. The lowest BCUT2D eigenvalue weighted by Gasteiger charge is -2.10. The molecule has 1 aromatic carbocycles. The fourth-order valence-corrected chi connectivity index (χ4v) is 2.68. The Bertz CT molecular complexity index is 339. The van der Waals surface area contributed by atoms with Crippen molar-refractivity contribution in [2.24, 2.45) is 5.73 Å². The highest BCUT2D eigenvalue weighted by atomic mass is 32.2. The van der Waals surface area contributed by atoms with Crippen molar-refractivity contribution in [2.45, 2.75) is 31.6 Å². The number of methoxy groups -OCH3 is 1. The van der Waals surface area contributed by atoms with Gasteiger partial charge in [0, 0.05) is 4.90 Å². The van der Waals surface area contributed by atoms with Crippen LogP contribution in [0.5, 0.6) is 5.75 Å². The van der Waals surface area contributed by atoms with Gasteiger partial charge in [0.15, 0.2) is 0 Å². The molecule has 3 heteroatoms. The third kappa shape index (κ3) is 3.72. The molecule has 90 valence electrons. The van der Waals surface area contributed by atoms with Gasteiger partial charge in [0.25, 0.3) is 0 Å². The van der Waals surface area contributed by atoms with Gasteiger partial charge in [-0.2, -0.15) is 0 Å². The van der Waals surface area contributed by atoms with Gasteiger partial charge < -0.3 is 10.5 Å². The second-order valence-corrected chi connectivity index (χ2v) is 5.07. The molecule has 2 N–H and O–H groups in total. The summed E-state index contributed by atoms with van der Waals surface area (Å²) in [6.45, 7) is 5.01. The SMILES string of the molecule is COc1cc(C)c(SCCCCN)cc1C. The smallest absolute Gasteiger partial charge is 0.122 e. The quantitative estimate of drug-likeness (QED) is 0.612. The molecule has 0 spiro atoms. The summed E-state index contributed by atoms with van der Waals surface area (Å²) in [6, 6.07) is 4.32. The molecule has 2 nitrogen and oxygen atoms in total. The average Bonchev–Trinajstić information content (AvgIpc) is 2.28. The zero-order valence-electron chi connectivity index (χ0n) is 10.4. The molecule has 0 aliphatic carbocycles. The Kier molecular flexibility index (Phi) is 5.71. The molecule has 1 aromatic rings. The van der Waals surface area contributed by atoms with Crippen molar-refractivity contribution >= 4 is 11.8 Å². The van der Waals surface area contributed by atoms with Crippen LogP contribution in [-0.2, 0) is 0 Å². The number of rotatable bonds is 6. The minimum Gasteiger partial charge on any atom is -0.496 e. The molecule has 0 aliphatic rings. The van der Waals surface area contributed by atoms with Gasteiger partial charge in [-0.3, -0.25) is 0 Å². The molecular weight excluding hydrogens is 218 g/mol. The Morgan fingerprint density at radius 2 is 1.94 bits per heavy atom. The standard InChI is InChI=1S/C13H21NOS/c1-10-9-13(16-7-5-4-6-14)11(2)8-12(10)15-3/h8-9H,4-7,14H2,1-3H3. The van der Waals surface area contributed by atoms with E-state index in [-0.39, 0.29) is 0 Å². The third-order valence-electron chi connectivity index (χ3n) is 2.55.